The SMILES string of the molecule is CC[C@H](C)[C@H](NC(=O)[C@@H](NC(=O)[C@@H](NC(=O)[C@H](CCCNC(=N)N)NC(=O)[C@@H](N)CO)C(C)C)C(C)C)C(=O)N[C@@H](CCC(N)=O)C(=O)N1CCC[C@H]1C(=O)N[C@@H](CO)C(=O)N1CCC[C@H]1C(=O)N[C@H](C(=O)N[C@H](C(=O)N[C@H](C(=O)N[C@H](C(=O)N[C@@H](CC(C)C)C(=O)N1CCC[C@H]1C(=O)NCC(=O)N1CCC[C@H]1C(=O)N[C@H](C(=O)N[C@@H](CC(C)C)C(=O)N[C@@H](CO)C(=O)O)[C@@H](C)CC)[C@@H](C)O)C(C)C)C(C)C)C(C)C. The molecule has 0 bridgehead atoms. The Labute approximate surface area is 847 Å². The number of guanidine groups is 1. The highest BCUT2D eigenvalue weighted by Gasteiger charge is 2.48. The summed E-state index contributed by atoms with van der Waals surface area (Å²) in [6.07, 6.45) is -0.0979. The molecular weight excluding hydrogens is 1890 g/mol. The van der Waals surface area contributed by atoms with Crippen LogP contribution in [-0.4, -0.2) is 355 Å². The maximum Gasteiger partial charge on any atom is 0.328 e. The second-order valence-corrected chi connectivity index (χ2v) is 40.8. The van der Waals surface area contributed by atoms with Crippen LogP contribution in [0, 0.1) is 58.7 Å². The summed E-state index contributed by atoms with van der Waals surface area (Å²) in [5.74, 6) is -23.7. The summed E-state index contributed by atoms with van der Waals surface area (Å²) in [6.45, 7) is 27.9. The molecule has 28 N–H and O–H groups in total. The predicted octanol–water partition coefficient (Wildman–Crippen LogP) is -6.38. The largest absolute Gasteiger partial charge is 0.480 e. The molecule has 0 aliphatic carbocycles. The first-order chi connectivity index (χ1) is 67.9. The molecule has 50 heteroatoms. The average Bonchev–Trinajstić information content (AvgIpc) is 1.79. The van der Waals surface area contributed by atoms with Gasteiger partial charge in [-0.3, -0.25) is 101 Å². The Kier molecular flexibility index (Phi) is 51.9. The first kappa shape index (κ1) is 125. The molecule has 4 aliphatic heterocycles. The fourth-order valence-electron chi connectivity index (χ4n) is 17.5. The van der Waals surface area contributed by atoms with Gasteiger partial charge in [-0.25, -0.2) is 4.79 Å². The van der Waals surface area contributed by atoms with E-state index in [-0.39, 0.29) is 121 Å². The van der Waals surface area contributed by atoms with E-state index in [4.69, 9.17) is 22.6 Å². The quantitative estimate of drug-likeness (QED) is 0.0153. The molecule has 820 valence electrons. The van der Waals surface area contributed by atoms with Gasteiger partial charge >= 0.3 is 5.97 Å². The summed E-state index contributed by atoms with van der Waals surface area (Å²) in [5.41, 5.74) is 16.7. The Bertz CT molecular complexity index is 4480. The van der Waals surface area contributed by atoms with Crippen molar-refractivity contribution < 1.29 is 126 Å². The lowest BCUT2D eigenvalue weighted by Crippen LogP contribution is -2.63. The van der Waals surface area contributed by atoms with Gasteiger partial charge in [-0.2, -0.15) is 0 Å². The van der Waals surface area contributed by atoms with Crippen LogP contribution in [0.15, 0.2) is 0 Å². The normalized spacial score (nSPS) is 19.5. The second-order valence-electron chi connectivity index (χ2n) is 40.8. The molecule has 22 atom stereocenters. The van der Waals surface area contributed by atoms with Crippen molar-refractivity contribution in [2.24, 2.45) is 70.5 Å². The number of hydrogen-bond donors (Lipinski definition) is 25. The van der Waals surface area contributed by atoms with Gasteiger partial charge < -0.3 is 147 Å². The van der Waals surface area contributed by atoms with Crippen molar-refractivity contribution in [2.75, 3.05) is 59.1 Å². The van der Waals surface area contributed by atoms with Crippen LogP contribution in [0.5, 0.6) is 0 Å². The Morgan fingerprint density at radius 2 is 0.662 bits per heavy atom. The molecule has 20 amide bonds. The standard InChI is InChI=1S/C95H164N24O26/c1-20-52(17)73(89(139)104-58(39-45(3)4)78(128)107-61(44-122)94(144)145)113-81(131)63-29-23-35-116(63)67(125)41-101-79(129)62-28-24-36-117(62)92(142)59(40-46(5)6)105-90(140)75(54(19)123)115-87(137)72(51(15)16)112-85(135)70(49(11)12)110-84(134)69(48(9)10)109-82(132)65-31-26-38-119(65)93(143)60(43-121)106-80(130)64-30-25-37-118(64)91(141)57(32-33-66(97)124)103-88(138)74(53(18)21-2)114-86(136)71(50(13)14)111-83(133)68(47(7)8)108-77(127)56(27-22-34-100-95(98)99)102-76(126)55(96)42-120/h45-65,68-75,120-123H,20-44,96H2,1-19H3,(H2,97,124)(H,101,129)(H,102,126)(H,103,138)(H,104,139)(H,105,140)(H,106,130)(H,107,128)(H,108,127)(H,109,132)(H,110,134)(H,111,133)(H,112,135)(H,113,131)(H,114,136)(H,115,137)(H,144,145)(H4,98,99,100)/t52-,53-,54+,55-,56-,57-,58-,59-,60-,61-,62-,63-,64-,65-,68-,69-,70-,71-,72-,73-,74-,75-/m0/s1. The van der Waals surface area contributed by atoms with Crippen LogP contribution < -0.4 is 102 Å². The number of nitrogens with zero attached hydrogens (tertiary/aromatic N) is 4. The summed E-state index contributed by atoms with van der Waals surface area (Å²) in [5, 5.41) is 99.5. The van der Waals surface area contributed by atoms with Crippen LogP contribution in [0.25, 0.3) is 0 Å². The van der Waals surface area contributed by atoms with Gasteiger partial charge in [0.2, 0.25) is 118 Å². The van der Waals surface area contributed by atoms with Gasteiger partial charge in [-0.15, -0.1) is 0 Å². The molecule has 0 aromatic carbocycles. The number of amides is 20. The third-order valence-electron chi connectivity index (χ3n) is 26.4. The monoisotopic (exact) mass is 2060 g/mol. The van der Waals surface area contributed by atoms with E-state index in [1.54, 1.807) is 125 Å². The van der Waals surface area contributed by atoms with Crippen molar-refractivity contribution in [2.45, 2.75) is 355 Å². The first-order valence-corrected chi connectivity index (χ1v) is 50.5. The zero-order chi connectivity index (χ0) is 110. The van der Waals surface area contributed by atoms with Gasteiger partial charge in [0.05, 0.1) is 32.5 Å². The zero-order valence-electron chi connectivity index (χ0n) is 87.3. The molecule has 50 nitrogen and oxygen atoms in total. The lowest BCUT2D eigenvalue weighted by atomic mass is 9.95. The highest BCUT2D eigenvalue weighted by atomic mass is 16.4. The first-order valence-electron chi connectivity index (χ1n) is 50.5. The number of carboxylic acid groups (broad SMARTS) is 1. The number of carbonyl (C=O) groups excluding carboxylic acids is 20. The van der Waals surface area contributed by atoms with Gasteiger partial charge in [0.1, 0.15) is 115 Å². The number of carbonyl (C=O) groups is 21. The molecule has 4 heterocycles. The van der Waals surface area contributed by atoms with Crippen molar-refractivity contribution in [3.8, 4) is 0 Å². The Hall–Kier alpha value is -12.1. The number of aliphatic carboxylic acids is 1. The van der Waals surface area contributed by atoms with Crippen LogP contribution in [0.4, 0.5) is 0 Å². The highest BCUT2D eigenvalue weighted by Crippen LogP contribution is 2.27. The van der Waals surface area contributed by atoms with Gasteiger partial charge in [0.25, 0.3) is 0 Å². The van der Waals surface area contributed by atoms with Crippen molar-refractivity contribution in [1.29, 1.82) is 5.41 Å². The van der Waals surface area contributed by atoms with Crippen LogP contribution in [0.2, 0.25) is 0 Å². The molecule has 0 aromatic heterocycles. The number of likely N-dealkylation sites (tertiary alicyclic amines) is 4. The molecule has 4 saturated heterocycles. The summed E-state index contributed by atoms with van der Waals surface area (Å²) < 4.78 is 0. The maximum absolute atomic E-state index is 14.8. The molecule has 0 aromatic rings. The fraction of sp³-hybridized carbons (Fsp3) is 0.768. The van der Waals surface area contributed by atoms with E-state index in [1.807, 2.05) is 0 Å². The van der Waals surface area contributed by atoms with Gasteiger partial charge in [-0.05, 0) is 144 Å². The maximum atomic E-state index is 14.8. The Balaban J connectivity index is 1.44. The third-order valence-corrected chi connectivity index (χ3v) is 26.4. The lowest BCUT2D eigenvalue weighted by molar-refractivity contribution is -0.145. The van der Waals surface area contributed by atoms with Crippen molar-refractivity contribution >= 4 is 130 Å². The molecule has 4 aliphatic rings. The molecule has 0 unspecified atom stereocenters. The minimum atomic E-state index is -1.77. The van der Waals surface area contributed by atoms with E-state index in [0.29, 0.717) is 19.3 Å². The number of primary amides is 1. The Morgan fingerprint density at radius 1 is 0.345 bits per heavy atom. The van der Waals surface area contributed by atoms with E-state index in [1.165, 1.54) is 16.7 Å². The van der Waals surface area contributed by atoms with Crippen LogP contribution in [-0.2, 0) is 101 Å². The Morgan fingerprint density at radius 3 is 1.06 bits per heavy atom. The van der Waals surface area contributed by atoms with Crippen LogP contribution in [0.1, 0.15) is 234 Å². The average molecular weight is 2060 g/mol. The number of nitrogens with one attached hydrogen (secondary N) is 17. The zero-order valence-corrected chi connectivity index (χ0v) is 87.3. The number of aliphatic hydroxyl groups is 4. The number of nitrogens with two attached hydrogens (primary N) is 3. The van der Waals surface area contributed by atoms with Crippen molar-refractivity contribution in [1.82, 2.24) is 105 Å². The van der Waals surface area contributed by atoms with E-state index in [9.17, 15) is 126 Å². The summed E-state index contributed by atoms with van der Waals surface area (Å²) >= 11 is 0. The molecule has 0 spiro atoms. The van der Waals surface area contributed by atoms with Crippen LogP contribution >= 0.6 is 0 Å². The number of aliphatic hydroxyl groups excluding tert-OH is 4. The number of carboxylic acids is 1. The molecule has 0 saturated carbocycles. The number of rotatable bonds is 59. The molecule has 145 heavy (non-hydrogen) atoms. The second kappa shape index (κ2) is 60.1. The van der Waals surface area contributed by atoms with Gasteiger partial charge in [-0.1, -0.05) is 137 Å². The van der Waals surface area contributed by atoms with Crippen molar-refractivity contribution in [3.05, 3.63) is 0 Å². The van der Waals surface area contributed by atoms with E-state index in [2.05, 4.69) is 85.1 Å². The van der Waals surface area contributed by atoms with E-state index in [0.717, 1.165) is 9.80 Å². The smallest absolute Gasteiger partial charge is 0.328 e. The highest BCUT2D eigenvalue weighted by molar-refractivity contribution is 6.03. The number of hydrogen-bond acceptors (Lipinski definition) is 27. The van der Waals surface area contributed by atoms with Gasteiger partial charge in [0, 0.05) is 39.1 Å². The predicted molar refractivity (Wildman–Crippen MR) is 527 cm³/mol. The van der Waals surface area contributed by atoms with Crippen LogP contribution in [0.3, 0.4) is 0 Å². The summed E-state index contributed by atoms with van der Waals surface area (Å²) in [6, 6.07) is -26.5. The molecule has 4 fully saturated rings. The minimum absolute atomic E-state index is 0.00331. The van der Waals surface area contributed by atoms with Gasteiger partial charge in [0.15, 0.2) is 5.96 Å². The topological polar surface area (TPSA) is 767 Å². The molecular formula is C95H164N24O26. The molecule has 4 rings (SSSR count). The van der Waals surface area contributed by atoms with Crippen molar-refractivity contribution in [3.63, 3.8) is 0 Å². The summed E-state index contributed by atoms with van der Waals surface area (Å²) in [4.78, 5) is 299. The fourth-order valence-corrected chi connectivity index (χ4v) is 17.5. The van der Waals surface area contributed by atoms with E-state index < -0.39 is 326 Å². The third kappa shape index (κ3) is 37.7. The molecule has 0 radical (unpaired) electrons. The lowest BCUT2D eigenvalue weighted by Gasteiger charge is -2.33. The summed E-state index contributed by atoms with van der Waals surface area (Å²) in [7, 11) is 0. The van der Waals surface area contributed by atoms with E-state index >= 15 is 0 Å². The minimum Gasteiger partial charge on any atom is -0.480 e.